The summed E-state index contributed by atoms with van der Waals surface area (Å²) in [5, 5.41) is 46.7. The summed E-state index contributed by atoms with van der Waals surface area (Å²) in [6.07, 6.45) is -0.256. The van der Waals surface area contributed by atoms with Crippen LogP contribution < -0.4 is 27.0 Å². The molecule has 4 fully saturated rings. The van der Waals surface area contributed by atoms with Crippen molar-refractivity contribution in [3.8, 4) is 0 Å². The molecule has 0 aliphatic carbocycles. The number of aliphatic hydroxyl groups excluding tert-OH is 3. The van der Waals surface area contributed by atoms with E-state index in [1.807, 2.05) is 0 Å². The van der Waals surface area contributed by atoms with Crippen LogP contribution in [0.15, 0.2) is 0 Å². The van der Waals surface area contributed by atoms with Crippen LogP contribution in [0, 0.1) is 5.92 Å². The van der Waals surface area contributed by atoms with Gasteiger partial charge in [-0.2, -0.15) is 0 Å². The van der Waals surface area contributed by atoms with E-state index in [-0.39, 0.29) is 25.8 Å². The largest absolute Gasteiger partial charge is 0.479 e. The van der Waals surface area contributed by atoms with Crippen molar-refractivity contribution in [2.24, 2.45) is 5.92 Å². The van der Waals surface area contributed by atoms with Crippen molar-refractivity contribution < 1.29 is 49.2 Å². The fraction of sp³-hybridized carbons (Fsp3) is 0.793. The molecule has 4 heterocycles. The Morgan fingerprint density at radius 1 is 0.771 bits per heavy atom. The monoisotopic (exact) mass is 683 g/mol. The number of carboxylic acid groups (broad SMARTS) is 1. The highest BCUT2D eigenvalue weighted by Crippen LogP contribution is 2.24. The molecule has 7 unspecified atom stereocenters. The Morgan fingerprint density at radius 2 is 1.21 bits per heavy atom. The van der Waals surface area contributed by atoms with Crippen molar-refractivity contribution >= 4 is 35.5 Å². The van der Waals surface area contributed by atoms with Crippen LogP contribution in [0.5, 0.6) is 0 Å². The molecule has 0 aromatic rings. The first-order valence-corrected chi connectivity index (χ1v) is 16.5. The van der Waals surface area contributed by atoms with Crippen molar-refractivity contribution in [2.75, 3.05) is 32.8 Å². The molecule has 48 heavy (non-hydrogen) atoms. The van der Waals surface area contributed by atoms with Gasteiger partial charge in [-0.15, -0.1) is 0 Å². The van der Waals surface area contributed by atoms with Gasteiger partial charge in [0, 0.05) is 32.6 Å². The Bertz CT molecular complexity index is 1240. The zero-order valence-corrected chi connectivity index (χ0v) is 27.6. The highest BCUT2D eigenvalue weighted by molar-refractivity contribution is 5.96. The van der Waals surface area contributed by atoms with Gasteiger partial charge in [0.2, 0.25) is 5.91 Å². The van der Waals surface area contributed by atoms with Crippen LogP contribution in [0.3, 0.4) is 0 Å². The predicted octanol–water partition coefficient (Wildman–Crippen LogP) is -4.09. The number of aliphatic hydroxyl groups is 3. The molecule has 4 aliphatic rings. The highest BCUT2D eigenvalue weighted by atomic mass is 16.4. The lowest BCUT2D eigenvalue weighted by molar-refractivity contribution is -0.170. The number of carboxylic acids is 1. The number of nitrogens with one attached hydrogen (secondary N) is 5. The molecule has 0 spiro atoms. The summed E-state index contributed by atoms with van der Waals surface area (Å²) in [6, 6.07) is -4.56. The van der Waals surface area contributed by atoms with Crippen LogP contribution in [-0.2, 0) is 28.8 Å². The first-order valence-electron chi connectivity index (χ1n) is 16.5. The van der Waals surface area contributed by atoms with Crippen LogP contribution in [0.1, 0.15) is 65.7 Å². The van der Waals surface area contributed by atoms with Gasteiger partial charge in [0.25, 0.3) is 23.6 Å². The molecular formula is C29H49N9O10. The van der Waals surface area contributed by atoms with Gasteiger partial charge in [0.1, 0.15) is 30.3 Å². The second-order valence-electron chi connectivity index (χ2n) is 13.3. The van der Waals surface area contributed by atoms with Gasteiger partial charge < -0.3 is 25.7 Å². The van der Waals surface area contributed by atoms with E-state index in [4.69, 9.17) is 0 Å². The van der Waals surface area contributed by atoms with E-state index >= 15 is 0 Å². The molecule has 5 amide bonds. The summed E-state index contributed by atoms with van der Waals surface area (Å²) in [7, 11) is 0. The summed E-state index contributed by atoms with van der Waals surface area (Å²) in [4.78, 5) is 80.4. The number of carbonyl (C=O) groups is 6. The van der Waals surface area contributed by atoms with Crippen LogP contribution in [0.25, 0.3) is 0 Å². The maximum Gasteiger partial charge on any atom is 0.331 e. The molecule has 270 valence electrons. The molecule has 0 radical (unpaired) electrons. The third-order valence-corrected chi connectivity index (χ3v) is 9.23. The van der Waals surface area contributed by atoms with Crippen LogP contribution in [0.4, 0.5) is 0 Å². The number of β-amino-alcohol motifs (C(OH)–C–C–N with tert-alkyl or cyclic N) is 1. The Balaban J connectivity index is 1.55. The van der Waals surface area contributed by atoms with Gasteiger partial charge >= 0.3 is 5.97 Å². The van der Waals surface area contributed by atoms with Gasteiger partial charge in [-0.25, -0.2) is 26.5 Å². The molecule has 4 rings (SSSR count). The van der Waals surface area contributed by atoms with E-state index in [0.717, 1.165) is 22.0 Å². The van der Waals surface area contributed by atoms with Gasteiger partial charge in [0.05, 0.1) is 12.7 Å². The van der Waals surface area contributed by atoms with Crippen LogP contribution >= 0.6 is 0 Å². The number of amides is 5. The molecule has 0 aromatic carbocycles. The molecule has 7 atom stereocenters. The average Bonchev–Trinajstić information content (AvgIpc) is 3.09. The molecule has 9 N–H and O–H groups in total. The molecule has 4 saturated heterocycles. The Labute approximate surface area is 278 Å². The van der Waals surface area contributed by atoms with Gasteiger partial charge in [-0.1, -0.05) is 13.8 Å². The lowest BCUT2D eigenvalue weighted by Gasteiger charge is -2.46. The molecular weight excluding hydrogens is 634 g/mol. The summed E-state index contributed by atoms with van der Waals surface area (Å²) < 4.78 is 0. The summed E-state index contributed by atoms with van der Waals surface area (Å²) in [6.45, 7) is 4.61. The van der Waals surface area contributed by atoms with E-state index in [0.29, 0.717) is 45.3 Å². The molecule has 4 aliphatic heterocycles. The lowest BCUT2D eigenvalue weighted by Crippen LogP contribution is -2.71. The molecule has 0 bridgehead atoms. The maximum absolute atomic E-state index is 14.2. The summed E-state index contributed by atoms with van der Waals surface area (Å²) in [5.74, 6) is -5.29. The smallest absolute Gasteiger partial charge is 0.331 e. The lowest BCUT2D eigenvalue weighted by atomic mass is 9.98. The minimum atomic E-state index is -2.05. The second-order valence-corrected chi connectivity index (χ2v) is 13.3. The van der Waals surface area contributed by atoms with E-state index in [1.54, 1.807) is 13.8 Å². The van der Waals surface area contributed by atoms with Crippen molar-refractivity contribution in [3.05, 3.63) is 0 Å². The maximum atomic E-state index is 14.2. The zero-order chi connectivity index (χ0) is 35.3. The summed E-state index contributed by atoms with van der Waals surface area (Å²) in [5.41, 5.74) is 9.56. The number of aliphatic carboxylic acids is 1. The number of hydrazine groups is 4. The van der Waals surface area contributed by atoms with Crippen molar-refractivity contribution in [3.63, 3.8) is 0 Å². The minimum absolute atomic E-state index is 0.0925. The number of rotatable bonds is 9. The molecule has 19 nitrogen and oxygen atoms in total. The zero-order valence-electron chi connectivity index (χ0n) is 27.6. The van der Waals surface area contributed by atoms with Crippen molar-refractivity contribution in [1.82, 2.24) is 47.1 Å². The second kappa shape index (κ2) is 15.8. The van der Waals surface area contributed by atoms with Gasteiger partial charge in [-0.05, 0) is 51.4 Å². The quantitative estimate of drug-likeness (QED) is 0.112. The number of carbonyl (C=O) groups excluding carboxylic acids is 5. The molecule has 0 saturated carbocycles. The van der Waals surface area contributed by atoms with Gasteiger partial charge in [0.15, 0.2) is 5.54 Å². The van der Waals surface area contributed by atoms with Crippen LogP contribution in [-0.4, -0.2) is 151 Å². The van der Waals surface area contributed by atoms with Crippen molar-refractivity contribution in [1.29, 1.82) is 0 Å². The Morgan fingerprint density at radius 3 is 1.65 bits per heavy atom. The molecule has 0 aromatic heterocycles. The Hall–Kier alpha value is -3.46. The van der Waals surface area contributed by atoms with Gasteiger partial charge in [-0.3, -0.25) is 44.0 Å². The van der Waals surface area contributed by atoms with E-state index in [1.165, 1.54) is 5.01 Å². The third-order valence-electron chi connectivity index (χ3n) is 9.23. The number of nitrogens with zero attached hydrogens (tertiary/aromatic N) is 4. The predicted molar refractivity (Wildman–Crippen MR) is 165 cm³/mol. The molecule has 19 heteroatoms. The summed E-state index contributed by atoms with van der Waals surface area (Å²) >= 11 is 0. The SMILES string of the molecule is CC(C)C(O)C(=O)N1NCCCC1C(=O)N1NCCCC1C(=O)N1NCCCC1C(=O)N1NCC(O)CC1C(=O)NC(C)(CO)C(=O)O. The fourth-order valence-electron chi connectivity index (χ4n) is 6.24. The van der Waals surface area contributed by atoms with E-state index in [9.17, 15) is 49.2 Å². The first kappa shape index (κ1) is 37.4. The average molecular weight is 684 g/mol. The Kier molecular flexibility index (Phi) is 12.3. The number of hydrogen-bond acceptors (Lipinski definition) is 13. The van der Waals surface area contributed by atoms with E-state index in [2.05, 4.69) is 27.0 Å². The van der Waals surface area contributed by atoms with Crippen LogP contribution in [0.2, 0.25) is 0 Å². The minimum Gasteiger partial charge on any atom is -0.479 e. The van der Waals surface area contributed by atoms with Crippen molar-refractivity contribution in [2.45, 2.75) is 108 Å². The standard InChI is InChI=1S/C29H49N9O10/c1-16(2)22(41)27(46)37-20(9-6-12-32-37)25(44)35-18(7-4-10-30-35)24(43)36-19(8-5-11-31-36)26(45)38-21(13-17(40)14-33-38)23(42)34-29(3,15-39)28(47)48/h16-22,30-33,39-41H,4-15H2,1-3H3,(H,34,42)(H,47,48). The topological polar surface area (TPSA) is 256 Å². The first-order chi connectivity index (χ1) is 22.7. The highest BCUT2D eigenvalue weighted by Gasteiger charge is 2.48. The number of hydrogen-bond donors (Lipinski definition) is 9. The normalized spacial score (nSPS) is 28.8. The van der Waals surface area contributed by atoms with E-state index < -0.39 is 89.9 Å². The third kappa shape index (κ3) is 7.88. The fourth-order valence-corrected chi connectivity index (χ4v) is 6.24.